The zero-order chi connectivity index (χ0) is 26.2. The van der Waals surface area contributed by atoms with Crippen LogP contribution in [-0.2, 0) is 23.4 Å². The molecule has 0 aromatic rings. The van der Waals surface area contributed by atoms with E-state index in [1.54, 1.807) is 0 Å². The average molecular weight is 523 g/mol. The summed E-state index contributed by atoms with van der Waals surface area (Å²) in [5.74, 6) is -0.445. The number of nitrogens with one attached hydrogen (secondary N) is 1. The minimum atomic E-state index is -3.71. The summed E-state index contributed by atoms with van der Waals surface area (Å²) in [5.41, 5.74) is 0. The molecule has 2 atom stereocenters. The van der Waals surface area contributed by atoms with E-state index in [1.165, 1.54) is 88.9 Å². The standard InChI is InChI=1S/C27H56NO6P/c1-5-8-9-10-11-12-13-14-15-16-17-18-19-20-22-32-24-27(34-26(4)29)25-33-35(30,31)23-21-28(6-2)7-3/h27H,5-25H2,1-4H3,(H,30,31)/p+1. The molecule has 8 heteroatoms. The molecule has 0 saturated carbocycles. The molecule has 210 valence electrons. The lowest BCUT2D eigenvalue weighted by atomic mass is 10.0. The molecule has 0 heterocycles. The lowest BCUT2D eigenvalue weighted by Crippen LogP contribution is -3.11. The highest BCUT2D eigenvalue weighted by atomic mass is 31.2. The number of ether oxygens (including phenoxy) is 2. The number of quaternary nitrogens is 1. The minimum absolute atomic E-state index is 0.0940. The van der Waals surface area contributed by atoms with Gasteiger partial charge in [0.1, 0.15) is 6.10 Å². The lowest BCUT2D eigenvalue weighted by Gasteiger charge is -2.21. The largest absolute Gasteiger partial charge is 0.458 e. The number of rotatable bonds is 26. The number of carbonyl (C=O) groups excluding carboxylic acids is 1. The van der Waals surface area contributed by atoms with Gasteiger partial charge in [0, 0.05) is 13.5 Å². The highest BCUT2D eigenvalue weighted by Crippen LogP contribution is 2.41. The van der Waals surface area contributed by atoms with Crippen LogP contribution in [0.5, 0.6) is 0 Å². The van der Waals surface area contributed by atoms with E-state index >= 15 is 0 Å². The Morgan fingerprint density at radius 3 is 1.74 bits per heavy atom. The van der Waals surface area contributed by atoms with Gasteiger partial charge in [-0.15, -0.1) is 0 Å². The maximum absolute atomic E-state index is 12.3. The summed E-state index contributed by atoms with van der Waals surface area (Å²) in [5, 5.41) is 0. The van der Waals surface area contributed by atoms with E-state index in [9.17, 15) is 14.3 Å². The van der Waals surface area contributed by atoms with Crippen molar-refractivity contribution in [1.29, 1.82) is 0 Å². The summed E-state index contributed by atoms with van der Waals surface area (Å²) < 4.78 is 28.4. The fourth-order valence-electron chi connectivity index (χ4n) is 4.13. The third kappa shape index (κ3) is 23.7. The second kappa shape index (κ2) is 23.9. The highest BCUT2D eigenvalue weighted by molar-refractivity contribution is 7.52. The summed E-state index contributed by atoms with van der Waals surface area (Å²) in [4.78, 5) is 22.7. The van der Waals surface area contributed by atoms with Crippen LogP contribution in [0.3, 0.4) is 0 Å². The van der Waals surface area contributed by atoms with E-state index in [2.05, 4.69) is 6.92 Å². The van der Waals surface area contributed by atoms with E-state index in [0.29, 0.717) is 13.2 Å². The molecule has 0 rings (SSSR count). The Balaban J connectivity index is 3.79. The van der Waals surface area contributed by atoms with Gasteiger partial charge < -0.3 is 23.8 Å². The highest BCUT2D eigenvalue weighted by Gasteiger charge is 2.25. The molecule has 0 spiro atoms. The second-order valence-corrected chi connectivity index (χ2v) is 11.7. The van der Waals surface area contributed by atoms with Crippen molar-refractivity contribution in [2.75, 3.05) is 45.6 Å². The van der Waals surface area contributed by atoms with Gasteiger partial charge in [-0.05, 0) is 20.3 Å². The van der Waals surface area contributed by atoms with Gasteiger partial charge in [0.25, 0.3) is 0 Å². The van der Waals surface area contributed by atoms with Gasteiger partial charge in [0.15, 0.2) is 0 Å². The van der Waals surface area contributed by atoms with Gasteiger partial charge >= 0.3 is 13.6 Å². The van der Waals surface area contributed by atoms with E-state index < -0.39 is 19.7 Å². The fourth-order valence-corrected chi connectivity index (χ4v) is 5.26. The molecule has 0 fully saturated rings. The molecule has 0 amide bonds. The van der Waals surface area contributed by atoms with Crippen molar-refractivity contribution in [1.82, 2.24) is 0 Å². The number of carbonyl (C=O) groups is 1. The van der Waals surface area contributed by atoms with Gasteiger partial charge in [0.05, 0.1) is 39.0 Å². The minimum Gasteiger partial charge on any atom is -0.458 e. The Kier molecular flexibility index (Phi) is 23.6. The molecule has 0 aliphatic carbocycles. The van der Waals surface area contributed by atoms with E-state index in [4.69, 9.17) is 14.0 Å². The maximum atomic E-state index is 12.3. The summed E-state index contributed by atoms with van der Waals surface area (Å²) in [6.07, 6.45) is 17.8. The van der Waals surface area contributed by atoms with Crippen molar-refractivity contribution in [3.05, 3.63) is 0 Å². The topological polar surface area (TPSA) is 86.5 Å². The van der Waals surface area contributed by atoms with Crippen molar-refractivity contribution >= 4 is 13.6 Å². The van der Waals surface area contributed by atoms with Crippen LogP contribution < -0.4 is 4.90 Å². The van der Waals surface area contributed by atoms with Gasteiger partial charge in [0.2, 0.25) is 0 Å². The first-order chi connectivity index (χ1) is 16.8. The maximum Gasteiger partial charge on any atom is 0.333 e. The fraction of sp³-hybridized carbons (Fsp3) is 0.963. The quantitative estimate of drug-likeness (QED) is 0.0881. The van der Waals surface area contributed by atoms with Crippen LogP contribution >= 0.6 is 7.60 Å². The first-order valence-electron chi connectivity index (χ1n) is 14.4. The van der Waals surface area contributed by atoms with Crippen molar-refractivity contribution in [3.63, 3.8) is 0 Å². The predicted molar refractivity (Wildman–Crippen MR) is 144 cm³/mol. The van der Waals surface area contributed by atoms with Gasteiger partial charge in [-0.3, -0.25) is 9.36 Å². The zero-order valence-corrected chi connectivity index (χ0v) is 24.3. The van der Waals surface area contributed by atoms with Crippen molar-refractivity contribution in [2.45, 2.75) is 124 Å². The molecule has 0 aliphatic rings. The number of unbranched alkanes of at least 4 members (excludes halogenated alkanes) is 13. The monoisotopic (exact) mass is 522 g/mol. The van der Waals surface area contributed by atoms with Crippen LogP contribution in [0.25, 0.3) is 0 Å². The van der Waals surface area contributed by atoms with Crippen LogP contribution in [0.15, 0.2) is 0 Å². The van der Waals surface area contributed by atoms with Gasteiger partial charge in [-0.1, -0.05) is 90.4 Å². The molecular weight excluding hydrogens is 465 g/mol. The van der Waals surface area contributed by atoms with E-state index in [-0.39, 0.29) is 19.4 Å². The molecule has 7 nitrogen and oxygen atoms in total. The summed E-state index contributed by atoms with van der Waals surface area (Å²) >= 11 is 0. The molecule has 35 heavy (non-hydrogen) atoms. The van der Waals surface area contributed by atoms with Crippen molar-refractivity contribution < 1.29 is 33.2 Å². The molecule has 0 bridgehead atoms. The molecule has 2 N–H and O–H groups in total. The normalized spacial score (nSPS) is 14.2. The first-order valence-corrected chi connectivity index (χ1v) is 16.2. The Hall–Kier alpha value is -0.460. The third-order valence-corrected chi connectivity index (χ3v) is 7.83. The molecule has 2 unspecified atom stereocenters. The van der Waals surface area contributed by atoms with Crippen LogP contribution in [0, 0.1) is 0 Å². The second-order valence-electron chi connectivity index (χ2n) is 9.77. The Morgan fingerprint density at radius 1 is 0.800 bits per heavy atom. The first kappa shape index (κ1) is 34.5. The SMILES string of the molecule is CCCCCCCCCCCCCCCCOCC(COP(=O)(O)CC[NH+](CC)CC)OC(C)=O. The van der Waals surface area contributed by atoms with Crippen molar-refractivity contribution in [2.24, 2.45) is 0 Å². The Bertz CT molecular complexity index is 530. The van der Waals surface area contributed by atoms with Crippen LogP contribution in [0.4, 0.5) is 0 Å². The summed E-state index contributed by atoms with van der Waals surface area (Å²) in [7, 11) is -3.71. The van der Waals surface area contributed by atoms with Crippen LogP contribution in [0.2, 0.25) is 0 Å². The summed E-state index contributed by atoms with van der Waals surface area (Å²) in [6.45, 7) is 10.7. The molecule has 0 aliphatic heterocycles. The molecular formula is C27H57NO6P+. The molecule has 0 saturated heterocycles. The summed E-state index contributed by atoms with van der Waals surface area (Å²) in [6, 6.07) is 0. The Morgan fingerprint density at radius 2 is 1.29 bits per heavy atom. The predicted octanol–water partition coefficient (Wildman–Crippen LogP) is 5.54. The third-order valence-electron chi connectivity index (χ3n) is 6.49. The Labute approximate surface area is 216 Å². The number of hydrogen-bond acceptors (Lipinski definition) is 5. The molecule has 0 radical (unpaired) electrons. The molecule has 0 aromatic carbocycles. The van der Waals surface area contributed by atoms with E-state index in [1.807, 2.05) is 13.8 Å². The van der Waals surface area contributed by atoms with E-state index in [0.717, 1.165) is 25.9 Å². The molecule has 0 aromatic heterocycles. The zero-order valence-electron chi connectivity index (χ0n) is 23.4. The van der Waals surface area contributed by atoms with Crippen LogP contribution in [-0.4, -0.2) is 62.6 Å². The average Bonchev–Trinajstić information content (AvgIpc) is 2.82. The smallest absolute Gasteiger partial charge is 0.333 e. The van der Waals surface area contributed by atoms with Crippen LogP contribution in [0.1, 0.15) is 118 Å². The number of esters is 1. The van der Waals surface area contributed by atoms with Crippen molar-refractivity contribution in [3.8, 4) is 0 Å². The van der Waals surface area contributed by atoms with Gasteiger partial charge in [-0.25, -0.2) is 0 Å². The lowest BCUT2D eigenvalue weighted by molar-refractivity contribution is -0.893. The van der Waals surface area contributed by atoms with Gasteiger partial charge in [-0.2, -0.15) is 0 Å². The number of hydrogen-bond donors (Lipinski definition) is 2.